The number of nitrogens with zero attached hydrogens (tertiary/aromatic N) is 2. The van der Waals surface area contributed by atoms with Crippen LogP contribution in [-0.2, 0) is 9.63 Å². The fraction of sp³-hybridized carbons (Fsp3) is 0.625. The van der Waals surface area contributed by atoms with E-state index in [1.165, 1.54) is 6.92 Å². The first kappa shape index (κ1) is 14.2. The van der Waals surface area contributed by atoms with E-state index in [0.717, 1.165) is 5.71 Å². The molecule has 0 atom stereocenters. The van der Waals surface area contributed by atoms with Gasteiger partial charge in [0.05, 0.1) is 11.4 Å². The van der Waals surface area contributed by atoms with Gasteiger partial charge in [0.25, 0.3) is 0 Å². The maximum absolute atomic E-state index is 10.0. The highest BCUT2D eigenvalue weighted by atomic mass is 16.7. The molecule has 0 spiro atoms. The van der Waals surface area contributed by atoms with Gasteiger partial charge in [-0.1, -0.05) is 10.3 Å². The minimum Gasteiger partial charge on any atom is -0.411 e. The molecule has 0 aliphatic heterocycles. The molecular formula is C8H16N2O3. The summed E-state index contributed by atoms with van der Waals surface area (Å²) in [6, 6.07) is 0. The highest BCUT2D eigenvalue weighted by Gasteiger charge is 1.85. The van der Waals surface area contributed by atoms with Crippen molar-refractivity contribution in [2.45, 2.75) is 34.6 Å². The van der Waals surface area contributed by atoms with Gasteiger partial charge in [0.1, 0.15) is 0 Å². The average molecular weight is 188 g/mol. The fourth-order valence-corrected chi connectivity index (χ4v) is 0.156. The smallest absolute Gasteiger partial charge is 0.331 e. The maximum atomic E-state index is 10.0. The van der Waals surface area contributed by atoms with Gasteiger partial charge in [-0.05, 0) is 27.7 Å². The monoisotopic (exact) mass is 188 g/mol. The lowest BCUT2D eigenvalue weighted by Gasteiger charge is -1.88. The fourth-order valence-electron chi connectivity index (χ4n) is 0.156. The second kappa shape index (κ2) is 8.70. The number of hydrogen-bond donors (Lipinski definition) is 1. The van der Waals surface area contributed by atoms with Crippen molar-refractivity contribution in [1.82, 2.24) is 0 Å². The molecule has 0 aliphatic carbocycles. The molecule has 5 heteroatoms. The quantitative estimate of drug-likeness (QED) is 0.295. The van der Waals surface area contributed by atoms with Crippen LogP contribution in [0.2, 0.25) is 0 Å². The lowest BCUT2D eigenvalue weighted by molar-refractivity contribution is -0.140. The number of rotatable bonds is 1. The Hall–Kier alpha value is -1.39. The molecule has 13 heavy (non-hydrogen) atoms. The molecule has 0 rings (SSSR count). The summed E-state index contributed by atoms with van der Waals surface area (Å²) in [5.41, 5.74) is 1.42. The topological polar surface area (TPSA) is 71.2 Å². The molecule has 0 saturated carbocycles. The first-order valence-electron chi connectivity index (χ1n) is 3.74. The standard InChI is InChI=1S/C5H9NO2.C3H7NO/c1-4(2)6-8-5(3)7;1-3(2)4-5/h1-3H3;5H,1-2H3. The van der Waals surface area contributed by atoms with E-state index >= 15 is 0 Å². The summed E-state index contributed by atoms with van der Waals surface area (Å²) in [7, 11) is 0. The van der Waals surface area contributed by atoms with Crippen molar-refractivity contribution in [3.05, 3.63) is 0 Å². The predicted molar refractivity (Wildman–Crippen MR) is 51.1 cm³/mol. The first-order valence-corrected chi connectivity index (χ1v) is 3.74. The minimum absolute atomic E-state index is 0.383. The van der Waals surface area contributed by atoms with Crippen molar-refractivity contribution in [2.75, 3.05) is 0 Å². The van der Waals surface area contributed by atoms with Crippen molar-refractivity contribution in [1.29, 1.82) is 0 Å². The summed E-state index contributed by atoms with van der Waals surface area (Å²) in [6.45, 7) is 8.26. The summed E-state index contributed by atoms with van der Waals surface area (Å²) in [5.74, 6) is -0.383. The molecule has 0 aromatic carbocycles. The molecular weight excluding hydrogens is 172 g/mol. The third kappa shape index (κ3) is 25.0. The Morgan fingerprint density at radius 3 is 1.54 bits per heavy atom. The molecule has 0 heterocycles. The van der Waals surface area contributed by atoms with Crippen LogP contribution in [-0.4, -0.2) is 22.6 Å². The highest BCUT2D eigenvalue weighted by Crippen LogP contribution is 1.78. The summed E-state index contributed by atoms with van der Waals surface area (Å²) in [6.07, 6.45) is 0. The number of carbonyl (C=O) groups is 1. The molecule has 5 nitrogen and oxygen atoms in total. The Morgan fingerprint density at radius 1 is 1.08 bits per heavy atom. The molecule has 76 valence electrons. The van der Waals surface area contributed by atoms with E-state index in [1.807, 2.05) is 0 Å². The largest absolute Gasteiger partial charge is 0.411 e. The molecule has 0 aliphatic rings. The van der Waals surface area contributed by atoms with Crippen molar-refractivity contribution in [3.63, 3.8) is 0 Å². The van der Waals surface area contributed by atoms with E-state index < -0.39 is 0 Å². The van der Waals surface area contributed by atoms with Crippen LogP contribution in [0.5, 0.6) is 0 Å². The third-order valence-electron chi connectivity index (χ3n) is 0.557. The van der Waals surface area contributed by atoms with E-state index in [4.69, 9.17) is 5.21 Å². The van der Waals surface area contributed by atoms with Crippen LogP contribution >= 0.6 is 0 Å². The summed E-state index contributed by atoms with van der Waals surface area (Å²) in [4.78, 5) is 14.3. The second-order valence-electron chi connectivity index (χ2n) is 2.67. The Labute approximate surface area is 78.1 Å². The van der Waals surface area contributed by atoms with Gasteiger partial charge in [-0.25, -0.2) is 4.79 Å². The van der Waals surface area contributed by atoms with Gasteiger partial charge in [0.15, 0.2) is 0 Å². The highest BCUT2D eigenvalue weighted by molar-refractivity contribution is 5.79. The van der Waals surface area contributed by atoms with Crippen LogP contribution in [0, 0.1) is 0 Å². The molecule has 0 bridgehead atoms. The van der Waals surface area contributed by atoms with E-state index in [-0.39, 0.29) is 5.97 Å². The minimum atomic E-state index is -0.383. The van der Waals surface area contributed by atoms with Crippen LogP contribution in [0.15, 0.2) is 10.3 Å². The zero-order valence-electron chi connectivity index (χ0n) is 8.66. The van der Waals surface area contributed by atoms with Crippen LogP contribution < -0.4 is 0 Å². The van der Waals surface area contributed by atoms with Gasteiger partial charge >= 0.3 is 5.97 Å². The normalized spacial score (nSPS) is 7.46. The van der Waals surface area contributed by atoms with Gasteiger partial charge in [-0.15, -0.1) is 0 Å². The van der Waals surface area contributed by atoms with Crippen LogP contribution in [0.1, 0.15) is 34.6 Å². The summed E-state index contributed by atoms with van der Waals surface area (Å²) < 4.78 is 0. The zero-order chi connectivity index (χ0) is 10.9. The SMILES string of the molecule is CC(=O)ON=C(C)C.CC(C)=NO. The van der Waals surface area contributed by atoms with Gasteiger partial charge in [-0.2, -0.15) is 0 Å². The Kier molecular flexibility index (Phi) is 9.48. The molecule has 0 fully saturated rings. The molecule has 0 radical (unpaired) electrons. The van der Waals surface area contributed by atoms with Gasteiger partial charge in [0.2, 0.25) is 0 Å². The van der Waals surface area contributed by atoms with Gasteiger partial charge in [0, 0.05) is 6.92 Å². The zero-order valence-corrected chi connectivity index (χ0v) is 8.66. The molecule has 0 aromatic rings. The average Bonchev–Trinajstić information content (AvgIpc) is 2.02. The Bertz CT molecular complexity index is 201. The molecule has 0 unspecified atom stereocenters. The summed E-state index contributed by atoms with van der Waals surface area (Å²) >= 11 is 0. The van der Waals surface area contributed by atoms with Crippen LogP contribution in [0.3, 0.4) is 0 Å². The van der Waals surface area contributed by atoms with Crippen molar-refractivity contribution >= 4 is 17.4 Å². The second-order valence-corrected chi connectivity index (χ2v) is 2.67. The predicted octanol–water partition coefficient (Wildman–Crippen LogP) is 1.80. The van der Waals surface area contributed by atoms with Crippen LogP contribution in [0.25, 0.3) is 0 Å². The lowest BCUT2D eigenvalue weighted by atomic mass is 10.5. The van der Waals surface area contributed by atoms with Gasteiger partial charge < -0.3 is 10.0 Å². The van der Waals surface area contributed by atoms with Crippen LogP contribution in [0.4, 0.5) is 0 Å². The molecule has 0 saturated heterocycles. The van der Waals surface area contributed by atoms with E-state index in [1.54, 1.807) is 27.7 Å². The third-order valence-corrected chi connectivity index (χ3v) is 0.557. The first-order chi connectivity index (χ1) is 5.90. The Morgan fingerprint density at radius 2 is 1.46 bits per heavy atom. The Balaban J connectivity index is 0. The maximum Gasteiger partial charge on any atom is 0.331 e. The lowest BCUT2D eigenvalue weighted by Crippen LogP contribution is -1.93. The van der Waals surface area contributed by atoms with E-state index in [2.05, 4.69) is 15.1 Å². The number of oxime groups is 2. The molecule has 0 amide bonds. The number of hydrogen-bond acceptors (Lipinski definition) is 5. The van der Waals surface area contributed by atoms with E-state index in [9.17, 15) is 4.79 Å². The molecule has 0 aromatic heterocycles. The van der Waals surface area contributed by atoms with E-state index in [0.29, 0.717) is 5.71 Å². The van der Waals surface area contributed by atoms with Crippen molar-refractivity contribution < 1.29 is 14.8 Å². The summed E-state index contributed by atoms with van der Waals surface area (Å²) in [5, 5.41) is 13.9. The number of carbonyl (C=O) groups excluding carboxylic acids is 1. The van der Waals surface area contributed by atoms with Crippen molar-refractivity contribution in [3.8, 4) is 0 Å². The molecule has 1 N–H and O–H groups in total. The van der Waals surface area contributed by atoms with Gasteiger partial charge in [-0.3, -0.25) is 0 Å². The van der Waals surface area contributed by atoms with Crippen molar-refractivity contribution in [2.24, 2.45) is 10.3 Å².